The van der Waals surface area contributed by atoms with E-state index < -0.39 is 6.29 Å². The zero-order valence-electron chi connectivity index (χ0n) is 11.3. The van der Waals surface area contributed by atoms with Gasteiger partial charge >= 0.3 is 0 Å². The Morgan fingerprint density at radius 2 is 1.47 bits per heavy atom. The molecule has 106 valence electrons. The van der Waals surface area contributed by atoms with Gasteiger partial charge in [-0.3, -0.25) is 0 Å². The lowest BCUT2D eigenvalue weighted by atomic mass is 10.1. The number of hydrogen-bond acceptors (Lipinski definition) is 6. The summed E-state index contributed by atoms with van der Waals surface area (Å²) in [5.74, 6) is 1.81. The van der Waals surface area contributed by atoms with Crippen LogP contribution in [0.1, 0.15) is 11.9 Å². The van der Waals surface area contributed by atoms with Crippen molar-refractivity contribution in [2.75, 3.05) is 34.5 Å². The minimum atomic E-state index is -0.505. The molecule has 1 aliphatic heterocycles. The maximum absolute atomic E-state index is 5.72. The molecule has 1 aliphatic rings. The molecule has 6 nitrogen and oxygen atoms in total. The molecular formula is C13H19NO5. The van der Waals surface area contributed by atoms with Crippen LogP contribution in [0.5, 0.6) is 17.2 Å². The first-order chi connectivity index (χ1) is 9.19. The maximum Gasteiger partial charge on any atom is 0.187 e. The predicted octanol–water partition coefficient (Wildman–Crippen LogP) is 1.09. The number of nitrogens with two attached hydrogens (primary N) is 1. The molecule has 0 atom stereocenters. The second-order valence-electron chi connectivity index (χ2n) is 4.21. The van der Waals surface area contributed by atoms with E-state index in [1.807, 2.05) is 0 Å². The Bertz CT molecular complexity index is 429. The van der Waals surface area contributed by atoms with Gasteiger partial charge in [-0.1, -0.05) is 0 Å². The molecule has 0 amide bonds. The molecule has 0 radical (unpaired) electrons. The maximum atomic E-state index is 5.72. The molecule has 0 spiro atoms. The first kappa shape index (κ1) is 13.9. The first-order valence-electron chi connectivity index (χ1n) is 5.98. The largest absolute Gasteiger partial charge is 0.496 e. The Balaban J connectivity index is 2.32. The van der Waals surface area contributed by atoms with E-state index in [9.17, 15) is 0 Å². The SMILES string of the molecule is COc1cc(OC)c(C2OCC(N)CO2)cc1OC. The Kier molecular flexibility index (Phi) is 4.47. The zero-order chi connectivity index (χ0) is 13.8. The smallest absolute Gasteiger partial charge is 0.187 e. The minimum absolute atomic E-state index is 0.0950. The van der Waals surface area contributed by atoms with Crippen LogP contribution in [-0.2, 0) is 9.47 Å². The van der Waals surface area contributed by atoms with Gasteiger partial charge in [0.2, 0.25) is 0 Å². The third-order valence-electron chi connectivity index (χ3n) is 2.91. The van der Waals surface area contributed by atoms with E-state index in [4.69, 9.17) is 29.4 Å². The van der Waals surface area contributed by atoms with E-state index in [1.54, 1.807) is 33.5 Å². The fraction of sp³-hybridized carbons (Fsp3) is 0.538. The van der Waals surface area contributed by atoms with Crippen molar-refractivity contribution >= 4 is 0 Å². The van der Waals surface area contributed by atoms with Crippen molar-refractivity contribution in [3.63, 3.8) is 0 Å². The summed E-state index contributed by atoms with van der Waals surface area (Å²) in [6.45, 7) is 0.893. The molecule has 1 saturated heterocycles. The van der Waals surface area contributed by atoms with E-state index in [0.717, 1.165) is 5.56 Å². The molecule has 19 heavy (non-hydrogen) atoms. The molecule has 2 N–H and O–H groups in total. The molecule has 1 aromatic rings. The van der Waals surface area contributed by atoms with Crippen molar-refractivity contribution in [1.82, 2.24) is 0 Å². The van der Waals surface area contributed by atoms with Crippen molar-refractivity contribution in [1.29, 1.82) is 0 Å². The highest BCUT2D eigenvalue weighted by Gasteiger charge is 2.26. The van der Waals surface area contributed by atoms with E-state index in [1.165, 1.54) is 0 Å². The lowest BCUT2D eigenvalue weighted by Gasteiger charge is -2.28. The molecule has 1 heterocycles. The summed E-state index contributed by atoms with van der Waals surface area (Å²) >= 11 is 0. The van der Waals surface area contributed by atoms with Gasteiger partial charge in [-0.2, -0.15) is 0 Å². The van der Waals surface area contributed by atoms with Crippen LogP contribution in [-0.4, -0.2) is 40.6 Å². The molecule has 2 rings (SSSR count). The van der Waals surface area contributed by atoms with Crippen LogP contribution in [0, 0.1) is 0 Å². The van der Waals surface area contributed by atoms with Gasteiger partial charge in [0.25, 0.3) is 0 Å². The van der Waals surface area contributed by atoms with Crippen molar-refractivity contribution in [3.05, 3.63) is 17.7 Å². The summed E-state index contributed by atoms with van der Waals surface area (Å²) in [6, 6.07) is 3.44. The van der Waals surface area contributed by atoms with Crippen LogP contribution >= 0.6 is 0 Å². The fourth-order valence-electron chi connectivity index (χ4n) is 1.93. The minimum Gasteiger partial charge on any atom is -0.496 e. The molecule has 1 fully saturated rings. The number of methoxy groups -OCH3 is 3. The lowest BCUT2D eigenvalue weighted by molar-refractivity contribution is -0.190. The van der Waals surface area contributed by atoms with Crippen LogP contribution in [0.3, 0.4) is 0 Å². The highest BCUT2D eigenvalue weighted by molar-refractivity contribution is 5.51. The summed E-state index contributed by atoms with van der Waals surface area (Å²) in [5.41, 5.74) is 6.48. The fourth-order valence-corrected chi connectivity index (χ4v) is 1.93. The van der Waals surface area contributed by atoms with Crippen LogP contribution in [0.4, 0.5) is 0 Å². The van der Waals surface area contributed by atoms with Gasteiger partial charge in [0.15, 0.2) is 17.8 Å². The van der Waals surface area contributed by atoms with Crippen molar-refractivity contribution in [3.8, 4) is 17.2 Å². The standard InChI is InChI=1S/C13H19NO5/c1-15-10-5-12(17-3)11(16-2)4-9(10)13-18-6-8(14)7-19-13/h4-5,8,13H,6-7,14H2,1-3H3. The molecule has 0 saturated carbocycles. The van der Waals surface area contributed by atoms with Gasteiger partial charge in [0, 0.05) is 6.07 Å². The molecule has 0 aromatic heterocycles. The van der Waals surface area contributed by atoms with E-state index in [-0.39, 0.29) is 6.04 Å². The normalized spacial score (nSPS) is 22.9. The number of hydrogen-bond donors (Lipinski definition) is 1. The average molecular weight is 269 g/mol. The van der Waals surface area contributed by atoms with Gasteiger partial charge in [0.05, 0.1) is 46.1 Å². The third-order valence-corrected chi connectivity index (χ3v) is 2.91. The Hall–Kier alpha value is -1.50. The Morgan fingerprint density at radius 1 is 0.947 bits per heavy atom. The quantitative estimate of drug-likeness (QED) is 0.882. The Labute approximate surface area is 112 Å². The van der Waals surface area contributed by atoms with E-state index in [2.05, 4.69) is 0 Å². The van der Waals surface area contributed by atoms with Crippen LogP contribution in [0.2, 0.25) is 0 Å². The van der Waals surface area contributed by atoms with E-state index >= 15 is 0 Å². The summed E-state index contributed by atoms with van der Waals surface area (Å²) < 4.78 is 27.0. The topological polar surface area (TPSA) is 72.2 Å². The molecule has 0 unspecified atom stereocenters. The molecule has 1 aromatic carbocycles. The third kappa shape index (κ3) is 2.91. The average Bonchev–Trinajstić information content (AvgIpc) is 2.46. The van der Waals surface area contributed by atoms with Crippen LogP contribution < -0.4 is 19.9 Å². The van der Waals surface area contributed by atoms with Gasteiger partial charge in [-0.05, 0) is 6.07 Å². The first-order valence-corrected chi connectivity index (χ1v) is 5.98. The molecular weight excluding hydrogens is 250 g/mol. The summed E-state index contributed by atoms with van der Waals surface area (Å²) in [5, 5.41) is 0. The number of rotatable bonds is 4. The second kappa shape index (κ2) is 6.10. The number of benzene rings is 1. The van der Waals surface area contributed by atoms with Crippen LogP contribution in [0.25, 0.3) is 0 Å². The van der Waals surface area contributed by atoms with Crippen molar-refractivity contribution in [2.45, 2.75) is 12.3 Å². The van der Waals surface area contributed by atoms with Crippen molar-refractivity contribution in [2.24, 2.45) is 5.73 Å². The molecule has 0 aliphatic carbocycles. The molecule has 0 bridgehead atoms. The summed E-state index contributed by atoms with van der Waals surface area (Å²) in [4.78, 5) is 0. The zero-order valence-corrected chi connectivity index (χ0v) is 11.3. The Morgan fingerprint density at radius 3 is 2.00 bits per heavy atom. The van der Waals surface area contributed by atoms with Gasteiger partial charge in [-0.25, -0.2) is 0 Å². The highest BCUT2D eigenvalue weighted by atomic mass is 16.7. The van der Waals surface area contributed by atoms with Gasteiger partial charge in [0.1, 0.15) is 5.75 Å². The molecule has 6 heteroatoms. The highest BCUT2D eigenvalue weighted by Crippen LogP contribution is 2.39. The monoisotopic (exact) mass is 269 g/mol. The van der Waals surface area contributed by atoms with Crippen LogP contribution in [0.15, 0.2) is 12.1 Å². The van der Waals surface area contributed by atoms with Gasteiger partial charge in [-0.15, -0.1) is 0 Å². The summed E-state index contributed by atoms with van der Waals surface area (Å²) in [6.07, 6.45) is -0.505. The van der Waals surface area contributed by atoms with E-state index in [0.29, 0.717) is 30.5 Å². The number of ether oxygens (including phenoxy) is 5. The predicted molar refractivity (Wildman–Crippen MR) is 68.7 cm³/mol. The van der Waals surface area contributed by atoms with Gasteiger partial charge < -0.3 is 29.4 Å². The second-order valence-corrected chi connectivity index (χ2v) is 4.21. The van der Waals surface area contributed by atoms with Crippen molar-refractivity contribution < 1.29 is 23.7 Å². The lowest BCUT2D eigenvalue weighted by Crippen LogP contribution is -2.38. The summed E-state index contributed by atoms with van der Waals surface area (Å²) in [7, 11) is 4.73.